The van der Waals surface area contributed by atoms with Crippen LogP contribution >= 0.6 is 0 Å². The Hall–Kier alpha value is -0.950. The SMILES string of the molecule is CCC(O)c1cccc(S(=O)(=O)NC(C)CCOC)c1. The summed E-state index contributed by atoms with van der Waals surface area (Å²) in [6, 6.07) is 6.20. The highest BCUT2D eigenvalue weighted by molar-refractivity contribution is 7.89. The molecule has 0 aliphatic carbocycles. The second-order valence-corrected chi connectivity index (χ2v) is 6.51. The number of benzene rings is 1. The molecular formula is C14H23NO4S. The topological polar surface area (TPSA) is 75.6 Å². The summed E-state index contributed by atoms with van der Waals surface area (Å²) < 4.78 is 32.0. The van der Waals surface area contributed by atoms with Gasteiger partial charge in [0.1, 0.15) is 0 Å². The first kappa shape index (κ1) is 17.1. The molecule has 20 heavy (non-hydrogen) atoms. The van der Waals surface area contributed by atoms with Crippen molar-refractivity contribution in [1.29, 1.82) is 0 Å². The third-order valence-electron chi connectivity index (χ3n) is 3.05. The Morgan fingerprint density at radius 1 is 1.40 bits per heavy atom. The van der Waals surface area contributed by atoms with Gasteiger partial charge in [-0.05, 0) is 37.5 Å². The monoisotopic (exact) mass is 301 g/mol. The van der Waals surface area contributed by atoms with Crippen LogP contribution in [0.3, 0.4) is 0 Å². The Kier molecular flexibility index (Phi) is 6.61. The maximum absolute atomic E-state index is 12.2. The molecule has 0 amide bonds. The summed E-state index contributed by atoms with van der Waals surface area (Å²) >= 11 is 0. The molecule has 0 heterocycles. The van der Waals surface area contributed by atoms with Crippen molar-refractivity contribution >= 4 is 10.0 Å². The van der Waals surface area contributed by atoms with E-state index < -0.39 is 16.1 Å². The van der Waals surface area contributed by atoms with Crippen LogP contribution in [0.2, 0.25) is 0 Å². The summed E-state index contributed by atoms with van der Waals surface area (Å²) in [5.74, 6) is 0. The molecule has 0 bridgehead atoms. The molecule has 0 aromatic heterocycles. The molecule has 0 radical (unpaired) electrons. The molecule has 0 aliphatic rings. The van der Waals surface area contributed by atoms with E-state index in [2.05, 4.69) is 4.72 Å². The minimum absolute atomic E-state index is 0.173. The molecule has 2 atom stereocenters. The maximum Gasteiger partial charge on any atom is 0.240 e. The van der Waals surface area contributed by atoms with E-state index in [1.807, 2.05) is 6.92 Å². The molecule has 5 nitrogen and oxygen atoms in total. The van der Waals surface area contributed by atoms with E-state index in [1.165, 1.54) is 12.1 Å². The number of aliphatic hydroxyl groups is 1. The first-order chi connectivity index (χ1) is 9.40. The second kappa shape index (κ2) is 7.73. The lowest BCUT2D eigenvalue weighted by atomic mass is 10.1. The molecule has 0 saturated heterocycles. The fraction of sp³-hybridized carbons (Fsp3) is 0.571. The van der Waals surface area contributed by atoms with Crippen LogP contribution in [0.15, 0.2) is 29.2 Å². The highest BCUT2D eigenvalue weighted by atomic mass is 32.2. The van der Waals surface area contributed by atoms with Gasteiger partial charge in [-0.2, -0.15) is 0 Å². The van der Waals surface area contributed by atoms with Gasteiger partial charge in [-0.3, -0.25) is 0 Å². The van der Waals surface area contributed by atoms with Gasteiger partial charge in [-0.1, -0.05) is 19.1 Å². The number of hydrogen-bond donors (Lipinski definition) is 2. The van der Waals surface area contributed by atoms with Crippen LogP contribution in [0.5, 0.6) is 0 Å². The largest absolute Gasteiger partial charge is 0.388 e. The molecule has 0 fully saturated rings. The van der Waals surface area contributed by atoms with Gasteiger partial charge in [0.25, 0.3) is 0 Å². The average Bonchev–Trinajstić information content (AvgIpc) is 2.44. The van der Waals surface area contributed by atoms with Crippen LogP contribution in [-0.2, 0) is 14.8 Å². The fourth-order valence-corrected chi connectivity index (χ4v) is 3.14. The Labute approximate surface area is 121 Å². The smallest absolute Gasteiger partial charge is 0.240 e. The van der Waals surface area contributed by atoms with Crippen molar-refractivity contribution in [2.45, 2.75) is 43.7 Å². The molecule has 6 heteroatoms. The molecular weight excluding hydrogens is 278 g/mol. The van der Waals surface area contributed by atoms with E-state index in [-0.39, 0.29) is 10.9 Å². The molecule has 114 valence electrons. The Bertz CT molecular complexity index is 516. The zero-order valence-corrected chi connectivity index (χ0v) is 13.0. The average molecular weight is 301 g/mol. The summed E-state index contributed by atoms with van der Waals surface area (Å²) in [6.07, 6.45) is 0.504. The predicted octanol–water partition coefficient (Wildman–Crippen LogP) is 1.83. The molecule has 2 N–H and O–H groups in total. The highest BCUT2D eigenvalue weighted by Gasteiger charge is 2.18. The fourth-order valence-electron chi connectivity index (χ4n) is 1.81. The Morgan fingerprint density at radius 3 is 2.70 bits per heavy atom. The van der Waals surface area contributed by atoms with Crippen molar-refractivity contribution in [1.82, 2.24) is 4.72 Å². The van der Waals surface area contributed by atoms with Crippen molar-refractivity contribution < 1.29 is 18.3 Å². The summed E-state index contributed by atoms with van der Waals surface area (Å²) in [5, 5.41) is 9.79. The van der Waals surface area contributed by atoms with Gasteiger partial charge in [-0.25, -0.2) is 13.1 Å². The van der Waals surface area contributed by atoms with Gasteiger partial charge in [0.15, 0.2) is 0 Å². The van der Waals surface area contributed by atoms with E-state index in [0.717, 1.165) is 0 Å². The molecule has 0 aliphatic heterocycles. The van der Waals surface area contributed by atoms with E-state index in [9.17, 15) is 13.5 Å². The summed E-state index contributed by atoms with van der Waals surface area (Å²) in [5.41, 5.74) is 0.611. The quantitative estimate of drug-likeness (QED) is 0.768. The van der Waals surface area contributed by atoms with Crippen LogP contribution in [0, 0.1) is 0 Å². The van der Waals surface area contributed by atoms with Crippen molar-refractivity contribution in [2.24, 2.45) is 0 Å². The zero-order chi connectivity index (χ0) is 15.2. The summed E-state index contributed by atoms with van der Waals surface area (Å²) in [7, 11) is -1.99. The molecule has 0 spiro atoms. The third kappa shape index (κ3) is 4.86. The first-order valence-corrected chi connectivity index (χ1v) is 8.18. The first-order valence-electron chi connectivity index (χ1n) is 6.70. The number of aliphatic hydroxyl groups excluding tert-OH is 1. The number of ether oxygens (including phenoxy) is 1. The molecule has 1 aromatic rings. The highest BCUT2D eigenvalue weighted by Crippen LogP contribution is 2.20. The number of rotatable bonds is 8. The normalized spacial score (nSPS) is 15.0. The van der Waals surface area contributed by atoms with Crippen LogP contribution in [0.1, 0.15) is 38.4 Å². The Morgan fingerprint density at radius 2 is 2.10 bits per heavy atom. The lowest BCUT2D eigenvalue weighted by molar-refractivity contribution is 0.173. The maximum atomic E-state index is 12.2. The van der Waals surface area contributed by atoms with Crippen LogP contribution in [0.25, 0.3) is 0 Å². The minimum atomic E-state index is -3.57. The number of sulfonamides is 1. The third-order valence-corrected chi connectivity index (χ3v) is 4.64. The van der Waals surface area contributed by atoms with Crippen molar-refractivity contribution in [3.05, 3.63) is 29.8 Å². The minimum Gasteiger partial charge on any atom is -0.388 e. The van der Waals surface area contributed by atoms with Gasteiger partial charge in [0.2, 0.25) is 10.0 Å². The van der Waals surface area contributed by atoms with Gasteiger partial charge >= 0.3 is 0 Å². The van der Waals surface area contributed by atoms with Crippen LogP contribution in [-0.4, -0.2) is 33.3 Å². The lowest BCUT2D eigenvalue weighted by Gasteiger charge is -2.15. The van der Waals surface area contributed by atoms with Crippen molar-refractivity contribution in [3.8, 4) is 0 Å². The van der Waals surface area contributed by atoms with E-state index >= 15 is 0 Å². The molecule has 1 aromatic carbocycles. The van der Waals surface area contributed by atoms with Gasteiger partial charge in [-0.15, -0.1) is 0 Å². The summed E-state index contributed by atoms with van der Waals surface area (Å²) in [4.78, 5) is 0.173. The molecule has 1 rings (SSSR count). The van der Waals surface area contributed by atoms with Gasteiger partial charge < -0.3 is 9.84 Å². The van der Waals surface area contributed by atoms with Gasteiger partial charge in [0, 0.05) is 19.8 Å². The molecule has 2 unspecified atom stereocenters. The number of hydrogen-bond acceptors (Lipinski definition) is 4. The van der Waals surface area contributed by atoms with Gasteiger partial charge in [0.05, 0.1) is 11.0 Å². The van der Waals surface area contributed by atoms with Crippen molar-refractivity contribution in [2.75, 3.05) is 13.7 Å². The zero-order valence-electron chi connectivity index (χ0n) is 12.2. The van der Waals surface area contributed by atoms with Crippen LogP contribution < -0.4 is 4.72 Å². The lowest BCUT2D eigenvalue weighted by Crippen LogP contribution is -2.33. The van der Waals surface area contributed by atoms with Crippen LogP contribution in [0.4, 0.5) is 0 Å². The van der Waals surface area contributed by atoms with E-state index in [1.54, 1.807) is 26.2 Å². The van der Waals surface area contributed by atoms with E-state index in [4.69, 9.17) is 4.74 Å². The molecule has 0 saturated carbocycles. The predicted molar refractivity (Wildman–Crippen MR) is 78.0 cm³/mol. The Balaban J connectivity index is 2.87. The second-order valence-electron chi connectivity index (χ2n) is 4.80. The van der Waals surface area contributed by atoms with E-state index in [0.29, 0.717) is 25.0 Å². The number of methoxy groups -OCH3 is 1. The standard InChI is InChI=1S/C14H23NO4S/c1-4-14(16)12-6-5-7-13(10-12)20(17,18)15-11(2)8-9-19-3/h5-7,10-11,14-16H,4,8-9H2,1-3H3. The van der Waals surface area contributed by atoms with Crippen molar-refractivity contribution in [3.63, 3.8) is 0 Å². The number of nitrogens with one attached hydrogen (secondary N) is 1. The summed E-state index contributed by atoms with van der Waals surface area (Å²) in [6.45, 7) is 4.14.